The molecule has 162 valence electrons. The number of hydrogen-bond donors (Lipinski definition) is 2. The number of urea groups is 1. The summed E-state index contributed by atoms with van der Waals surface area (Å²) in [4.78, 5) is 18.6. The summed E-state index contributed by atoms with van der Waals surface area (Å²) >= 11 is 0. The van der Waals surface area contributed by atoms with Crippen molar-refractivity contribution < 1.29 is 22.5 Å². The molecule has 3 aliphatic rings. The van der Waals surface area contributed by atoms with Crippen molar-refractivity contribution >= 4 is 6.03 Å². The van der Waals surface area contributed by atoms with E-state index in [-0.39, 0.29) is 17.8 Å². The zero-order valence-corrected chi connectivity index (χ0v) is 16.8. The van der Waals surface area contributed by atoms with Crippen LogP contribution in [0.25, 0.3) is 0 Å². The van der Waals surface area contributed by atoms with Gasteiger partial charge in [0.15, 0.2) is 5.82 Å². The van der Waals surface area contributed by atoms with E-state index in [0.717, 1.165) is 0 Å². The van der Waals surface area contributed by atoms with Gasteiger partial charge >= 0.3 is 6.03 Å². The first kappa shape index (κ1) is 20.4. The van der Waals surface area contributed by atoms with Crippen molar-refractivity contribution in [2.45, 2.75) is 81.0 Å². The van der Waals surface area contributed by atoms with Crippen LogP contribution in [0, 0.1) is 0 Å². The van der Waals surface area contributed by atoms with Crippen LogP contribution in [0.2, 0.25) is 0 Å². The minimum absolute atomic E-state index is 0.213. The molecule has 2 saturated carbocycles. The lowest BCUT2D eigenvalue weighted by atomic mass is 9.79. The molecule has 3 fully saturated rings. The minimum Gasteiger partial charge on any atom is -0.339 e. The largest absolute Gasteiger partial charge is 0.339 e. The van der Waals surface area contributed by atoms with Crippen molar-refractivity contribution in [3.05, 3.63) is 11.7 Å². The molecule has 1 aromatic heterocycles. The molecule has 4 rings (SSSR count). The number of likely N-dealkylation sites (N-methyl/N-ethyl adjacent to an activating group) is 1. The van der Waals surface area contributed by atoms with Gasteiger partial charge in [0.2, 0.25) is 5.89 Å². The molecule has 10 heteroatoms. The Kier molecular flexibility index (Phi) is 5.25. The zero-order chi connectivity index (χ0) is 20.8. The fraction of sp³-hybridized carbons (Fsp3) is 0.842. The van der Waals surface area contributed by atoms with Crippen molar-refractivity contribution in [2.24, 2.45) is 0 Å². The number of carbonyl (C=O) groups is 1. The molecule has 2 aliphatic carbocycles. The highest BCUT2D eigenvalue weighted by Gasteiger charge is 2.48. The predicted molar refractivity (Wildman–Crippen MR) is 98.7 cm³/mol. The third-order valence-corrected chi connectivity index (χ3v) is 6.70. The van der Waals surface area contributed by atoms with E-state index in [1.165, 1.54) is 0 Å². The van der Waals surface area contributed by atoms with Gasteiger partial charge in [0.1, 0.15) is 12.2 Å². The lowest BCUT2D eigenvalue weighted by molar-refractivity contribution is -0.0715. The molecule has 0 radical (unpaired) electrons. The molecule has 0 unspecified atom stereocenters. The van der Waals surface area contributed by atoms with E-state index in [9.17, 15) is 18.0 Å². The van der Waals surface area contributed by atoms with Crippen molar-refractivity contribution in [3.8, 4) is 0 Å². The van der Waals surface area contributed by atoms with E-state index in [1.54, 1.807) is 11.9 Å². The Labute approximate surface area is 167 Å². The van der Waals surface area contributed by atoms with Crippen LogP contribution in [-0.2, 0) is 5.41 Å². The van der Waals surface area contributed by atoms with E-state index >= 15 is 0 Å². The molecule has 0 aromatic carbocycles. The first-order valence-corrected chi connectivity index (χ1v) is 10.3. The van der Waals surface area contributed by atoms with Crippen LogP contribution in [0.1, 0.15) is 63.1 Å². The average Bonchev–Trinajstić information content (AvgIpc) is 3.20. The van der Waals surface area contributed by atoms with Crippen LogP contribution in [-0.4, -0.2) is 65.4 Å². The molecule has 1 saturated heterocycles. The summed E-state index contributed by atoms with van der Waals surface area (Å²) in [5.41, 5.74) is -0.387. The Morgan fingerprint density at radius 3 is 2.59 bits per heavy atom. The van der Waals surface area contributed by atoms with Crippen molar-refractivity contribution in [3.63, 3.8) is 0 Å². The highest BCUT2D eigenvalue weighted by atomic mass is 19.3. The topological polar surface area (TPSA) is 83.3 Å². The summed E-state index contributed by atoms with van der Waals surface area (Å²) in [7, 11) is 1.64. The number of likely N-dealkylation sites (tertiary alicyclic amines) is 1. The molecule has 0 bridgehead atoms. The van der Waals surface area contributed by atoms with Crippen LogP contribution >= 0.6 is 0 Å². The van der Waals surface area contributed by atoms with Crippen molar-refractivity contribution in [2.75, 3.05) is 20.1 Å². The maximum Gasteiger partial charge on any atom is 0.317 e. The molecule has 2 amide bonds. The highest BCUT2D eigenvalue weighted by molar-refractivity contribution is 5.75. The van der Waals surface area contributed by atoms with Crippen LogP contribution in [0.3, 0.4) is 0 Å². The normalized spacial score (nSPS) is 33.3. The number of nitrogens with zero attached hydrogens (tertiary/aromatic N) is 3. The van der Waals surface area contributed by atoms with E-state index in [0.29, 0.717) is 56.9 Å². The highest BCUT2D eigenvalue weighted by Crippen LogP contribution is 2.44. The summed E-state index contributed by atoms with van der Waals surface area (Å²) in [5, 5.41) is 9.50. The Morgan fingerprint density at radius 1 is 1.28 bits per heavy atom. The molecule has 1 aliphatic heterocycles. The van der Waals surface area contributed by atoms with E-state index < -0.39 is 30.2 Å². The maximum atomic E-state index is 14.4. The molecule has 7 nitrogen and oxygen atoms in total. The smallest absolute Gasteiger partial charge is 0.317 e. The lowest BCUT2D eigenvalue weighted by Crippen LogP contribution is -2.63. The quantitative estimate of drug-likeness (QED) is 0.790. The van der Waals surface area contributed by atoms with Gasteiger partial charge in [0.25, 0.3) is 5.92 Å². The summed E-state index contributed by atoms with van der Waals surface area (Å²) in [6, 6.07) is -2.13. The van der Waals surface area contributed by atoms with E-state index in [1.807, 2.05) is 6.92 Å². The summed E-state index contributed by atoms with van der Waals surface area (Å²) < 4.78 is 47.1. The summed E-state index contributed by atoms with van der Waals surface area (Å²) in [6.07, 6.45) is 1.51. The predicted octanol–water partition coefficient (Wildman–Crippen LogP) is 2.73. The van der Waals surface area contributed by atoms with E-state index in [4.69, 9.17) is 4.52 Å². The second kappa shape index (κ2) is 7.45. The average molecular weight is 415 g/mol. The number of amides is 2. The molecule has 0 spiro atoms. The lowest BCUT2D eigenvalue weighted by Gasteiger charge is -2.41. The zero-order valence-electron chi connectivity index (χ0n) is 16.8. The molecule has 2 heterocycles. The van der Waals surface area contributed by atoms with Crippen LogP contribution < -0.4 is 10.6 Å². The van der Waals surface area contributed by atoms with Gasteiger partial charge in [0.05, 0.1) is 5.92 Å². The SMILES string of the molecule is CN[C@H]1CCCC(F)(F)[C@@H]1NC(=O)N1CCC(C)(c2noc([C@@H]3C[C@@H]3F)n2)CC1. The Bertz CT molecular complexity index is 750. The van der Waals surface area contributed by atoms with Gasteiger partial charge in [-0.1, -0.05) is 12.1 Å². The summed E-state index contributed by atoms with van der Waals surface area (Å²) in [5.74, 6) is -2.35. The van der Waals surface area contributed by atoms with E-state index in [2.05, 4.69) is 20.8 Å². The number of halogens is 3. The molecule has 2 N–H and O–H groups in total. The number of rotatable bonds is 4. The molecular formula is C19H28F3N5O2. The van der Waals surface area contributed by atoms with Crippen LogP contribution in [0.5, 0.6) is 0 Å². The van der Waals surface area contributed by atoms with Crippen LogP contribution in [0.15, 0.2) is 4.52 Å². The van der Waals surface area contributed by atoms with Gasteiger partial charge < -0.3 is 20.1 Å². The Hall–Kier alpha value is -1.84. The second-order valence-electron chi connectivity index (χ2n) is 8.84. The van der Waals surface area contributed by atoms with Crippen molar-refractivity contribution in [1.29, 1.82) is 0 Å². The summed E-state index contributed by atoms with van der Waals surface area (Å²) in [6.45, 7) is 2.80. The van der Waals surface area contributed by atoms with Crippen molar-refractivity contribution in [1.82, 2.24) is 25.7 Å². The molecule has 29 heavy (non-hydrogen) atoms. The molecule has 4 atom stereocenters. The first-order valence-electron chi connectivity index (χ1n) is 10.3. The molecular weight excluding hydrogens is 387 g/mol. The first-order chi connectivity index (χ1) is 13.7. The minimum atomic E-state index is -2.93. The number of alkyl halides is 3. The standard InChI is InChI=1S/C19H28F3N5O2/c1-18(16-25-15(29-26-16)11-10-12(11)20)6-8-27(9-7-18)17(28)24-14-13(23-2)4-3-5-19(14,21)22/h11-14,23H,3-10H2,1-2H3,(H,24,28)/t11-,12+,13+,14-/m1/s1. The van der Waals surface area contributed by atoms with Gasteiger partial charge in [-0.3, -0.25) is 0 Å². The van der Waals surface area contributed by atoms with Gasteiger partial charge in [-0.25, -0.2) is 18.0 Å². The third-order valence-electron chi connectivity index (χ3n) is 6.70. The van der Waals surface area contributed by atoms with Gasteiger partial charge in [-0.15, -0.1) is 0 Å². The van der Waals surface area contributed by atoms with Gasteiger partial charge in [0, 0.05) is 31.0 Å². The second-order valence-corrected chi connectivity index (χ2v) is 8.84. The number of hydrogen-bond acceptors (Lipinski definition) is 5. The van der Waals surface area contributed by atoms with Gasteiger partial charge in [-0.2, -0.15) is 4.98 Å². The number of carbonyl (C=O) groups excluding carboxylic acids is 1. The van der Waals surface area contributed by atoms with Crippen LogP contribution in [0.4, 0.5) is 18.0 Å². The fourth-order valence-corrected chi connectivity index (χ4v) is 4.39. The Morgan fingerprint density at radius 2 is 1.97 bits per heavy atom. The monoisotopic (exact) mass is 415 g/mol. The van der Waals surface area contributed by atoms with Gasteiger partial charge in [-0.05, 0) is 39.2 Å². The number of nitrogens with one attached hydrogen (secondary N) is 2. The molecule has 1 aromatic rings. The Balaban J connectivity index is 1.36. The number of aromatic nitrogens is 2. The fourth-order valence-electron chi connectivity index (χ4n) is 4.39. The third kappa shape index (κ3) is 3.95. The number of piperidine rings is 1. The maximum absolute atomic E-state index is 14.4.